The molecule has 0 aromatic rings. The maximum atomic E-state index is 11.3. The van der Waals surface area contributed by atoms with Crippen molar-refractivity contribution in [1.82, 2.24) is 4.72 Å². The van der Waals surface area contributed by atoms with Gasteiger partial charge in [-0.15, -0.1) is 0 Å². The van der Waals surface area contributed by atoms with E-state index in [-0.39, 0.29) is 12.4 Å². The summed E-state index contributed by atoms with van der Waals surface area (Å²) in [7, 11) is -2.48. The minimum absolute atomic E-state index is 0.0712. The van der Waals surface area contributed by atoms with Crippen LogP contribution in [0, 0.1) is 0 Å². The number of carboxylic acid groups (broad SMARTS) is 1. The molecule has 0 saturated heterocycles. The van der Waals surface area contributed by atoms with Crippen LogP contribution in [0.15, 0.2) is 0 Å². The molecule has 0 aromatic heterocycles. The van der Waals surface area contributed by atoms with Gasteiger partial charge in [-0.1, -0.05) is 0 Å². The molecular formula is C7H14N2O6S. The number of carbonyl (C=O) groups is 2. The fourth-order valence-corrected chi connectivity index (χ4v) is 1.97. The molecule has 0 unspecified atom stereocenters. The number of carboxylic acids is 1. The van der Waals surface area contributed by atoms with Crippen molar-refractivity contribution in [2.45, 2.75) is 12.5 Å². The average Bonchev–Trinajstić information content (AvgIpc) is 2.12. The van der Waals surface area contributed by atoms with E-state index in [0.717, 1.165) is 0 Å². The number of hydrogen-bond acceptors (Lipinski definition) is 5. The van der Waals surface area contributed by atoms with Crippen LogP contribution in [-0.2, 0) is 24.3 Å². The van der Waals surface area contributed by atoms with Gasteiger partial charge in [0.1, 0.15) is 6.04 Å². The van der Waals surface area contributed by atoms with Gasteiger partial charge in [0.15, 0.2) is 0 Å². The molecule has 16 heavy (non-hydrogen) atoms. The maximum Gasteiger partial charge on any atom is 0.322 e. The van der Waals surface area contributed by atoms with E-state index in [1.54, 1.807) is 0 Å². The minimum atomic E-state index is -3.80. The number of ether oxygens (including phenoxy) is 1. The number of primary amides is 1. The molecule has 0 spiro atoms. The smallest absolute Gasteiger partial charge is 0.322 e. The van der Waals surface area contributed by atoms with Gasteiger partial charge in [-0.25, -0.2) is 13.1 Å². The van der Waals surface area contributed by atoms with Crippen LogP contribution < -0.4 is 10.5 Å². The molecule has 0 fully saturated rings. The molecular weight excluding hydrogens is 240 g/mol. The molecule has 0 saturated carbocycles. The fraction of sp³-hybridized carbons (Fsp3) is 0.714. The Morgan fingerprint density at radius 3 is 2.44 bits per heavy atom. The average molecular weight is 254 g/mol. The summed E-state index contributed by atoms with van der Waals surface area (Å²) in [5.74, 6) is -2.74. The summed E-state index contributed by atoms with van der Waals surface area (Å²) < 4.78 is 29.0. The molecule has 1 amide bonds. The van der Waals surface area contributed by atoms with Gasteiger partial charge in [0.2, 0.25) is 15.9 Å². The Bertz CT molecular complexity index is 352. The van der Waals surface area contributed by atoms with Gasteiger partial charge in [0.05, 0.1) is 18.8 Å². The van der Waals surface area contributed by atoms with Crippen molar-refractivity contribution in [2.24, 2.45) is 5.73 Å². The number of aliphatic carboxylic acids is 1. The van der Waals surface area contributed by atoms with Crippen molar-refractivity contribution < 1.29 is 27.9 Å². The van der Waals surface area contributed by atoms with Crippen LogP contribution in [0.5, 0.6) is 0 Å². The Balaban J connectivity index is 4.50. The molecule has 0 aliphatic heterocycles. The molecule has 0 bridgehead atoms. The lowest BCUT2D eigenvalue weighted by Gasteiger charge is -2.12. The summed E-state index contributed by atoms with van der Waals surface area (Å²) in [6.45, 7) is -0.0712. The normalized spacial score (nSPS) is 13.3. The molecule has 0 radical (unpaired) electrons. The molecule has 94 valence electrons. The van der Waals surface area contributed by atoms with E-state index < -0.39 is 34.4 Å². The fourth-order valence-electron chi connectivity index (χ4n) is 0.849. The number of amides is 1. The highest BCUT2D eigenvalue weighted by Crippen LogP contribution is 1.96. The van der Waals surface area contributed by atoms with E-state index in [0.29, 0.717) is 0 Å². The van der Waals surface area contributed by atoms with Crippen LogP contribution in [0.2, 0.25) is 0 Å². The van der Waals surface area contributed by atoms with Crippen molar-refractivity contribution in [3.8, 4) is 0 Å². The van der Waals surface area contributed by atoms with Gasteiger partial charge in [-0.3, -0.25) is 9.59 Å². The van der Waals surface area contributed by atoms with E-state index >= 15 is 0 Å². The highest BCUT2D eigenvalue weighted by Gasteiger charge is 2.25. The minimum Gasteiger partial charge on any atom is -0.480 e. The number of nitrogens with two attached hydrogens (primary N) is 1. The van der Waals surface area contributed by atoms with Crippen molar-refractivity contribution in [2.75, 3.05) is 19.5 Å². The zero-order valence-electron chi connectivity index (χ0n) is 8.67. The number of methoxy groups -OCH3 is 1. The van der Waals surface area contributed by atoms with Gasteiger partial charge in [-0.2, -0.15) is 0 Å². The highest BCUT2D eigenvalue weighted by atomic mass is 32.2. The van der Waals surface area contributed by atoms with Crippen molar-refractivity contribution in [3.05, 3.63) is 0 Å². The van der Waals surface area contributed by atoms with Crippen molar-refractivity contribution in [1.29, 1.82) is 0 Å². The van der Waals surface area contributed by atoms with Gasteiger partial charge in [0, 0.05) is 7.11 Å². The summed E-state index contributed by atoms with van der Waals surface area (Å²) in [6, 6.07) is -1.54. The first-order valence-corrected chi connectivity index (χ1v) is 5.94. The summed E-state index contributed by atoms with van der Waals surface area (Å²) in [5, 5.41) is 8.64. The molecule has 0 heterocycles. The molecule has 1 atom stereocenters. The lowest BCUT2D eigenvalue weighted by atomic mass is 10.2. The van der Waals surface area contributed by atoms with E-state index in [1.165, 1.54) is 7.11 Å². The first-order valence-electron chi connectivity index (χ1n) is 4.28. The largest absolute Gasteiger partial charge is 0.480 e. The maximum absolute atomic E-state index is 11.3. The number of rotatable bonds is 8. The number of carbonyl (C=O) groups excluding carboxylic acids is 1. The third-order valence-corrected chi connectivity index (χ3v) is 2.93. The predicted octanol–water partition coefficient (Wildman–Crippen LogP) is -2.12. The Morgan fingerprint density at radius 1 is 1.50 bits per heavy atom. The van der Waals surface area contributed by atoms with Crippen LogP contribution in [-0.4, -0.2) is 50.9 Å². The Hall–Kier alpha value is -1.19. The second-order valence-electron chi connectivity index (χ2n) is 2.99. The van der Waals surface area contributed by atoms with Crippen LogP contribution in [0.25, 0.3) is 0 Å². The second-order valence-corrected chi connectivity index (χ2v) is 4.86. The molecule has 0 aromatic carbocycles. The lowest BCUT2D eigenvalue weighted by Crippen LogP contribution is -2.44. The monoisotopic (exact) mass is 254 g/mol. The third kappa shape index (κ3) is 6.32. The van der Waals surface area contributed by atoms with E-state index in [2.05, 4.69) is 4.74 Å². The highest BCUT2D eigenvalue weighted by molar-refractivity contribution is 7.89. The molecule has 0 aliphatic rings. The second kappa shape index (κ2) is 6.40. The van der Waals surface area contributed by atoms with Gasteiger partial charge in [-0.05, 0) is 0 Å². The topological polar surface area (TPSA) is 136 Å². The summed E-state index contributed by atoms with van der Waals surface area (Å²) >= 11 is 0. The van der Waals surface area contributed by atoms with Crippen LogP contribution in [0.1, 0.15) is 6.42 Å². The molecule has 9 heteroatoms. The first-order chi connectivity index (χ1) is 7.28. The van der Waals surface area contributed by atoms with E-state index in [9.17, 15) is 18.0 Å². The summed E-state index contributed by atoms with van der Waals surface area (Å²) in [5.41, 5.74) is 4.79. The van der Waals surface area contributed by atoms with Crippen LogP contribution in [0.4, 0.5) is 0 Å². The third-order valence-electron chi connectivity index (χ3n) is 1.58. The van der Waals surface area contributed by atoms with Gasteiger partial charge >= 0.3 is 5.97 Å². The standard InChI is InChI=1S/C7H14N2O6S/c1-15-2-3-16(13,14)9-5(7(11)12)4-6(8)10/h5,9H,2-4H2,1H3,(H2,8,10)(H,11,12)/t5-/m0/s1. The van der Waals surface area contributed by atoms with E-state index in [4.69, 9.17) is 10.8 Å². The Labute approximate surface area is 92.8 Å². The first kappa shape index (κ1) is 14.8. The van der Waals surface area contributed by atoms with Crippen molar-refractivity contribution in [3.63, 3.8) is 0 Å². The Morgan fingerprint density at radius 2 is 2.06 bits per heavy atom. The predicted molar refractivity (Wildman–Crippen MR) is 54.0 cm³/mol. The zero-order chi connectivity index (χ0) is 12.8. The van der Waals surface area contributed by atoms with Gasteiger partial charge < -0.3 is 15.6 Å². The number of nitrogens with one attached hydrogen (secondary N) is 1. The summed E-state index contributed by atoms with van der Waals surface area (Å²) in [4.78, 5) is 21.1. The summed E-state index contributed by atoms with van der Waals surface area (Å²) in [6.07, 6.45) is -0.596. The molecule has 0 aliphatic carbocycles. The number of hydrogen-bond donors (Lipinski definition) is 3. The molecule has 8 nitrogen and oxygen atoms in total. The Kier molecular flexibility index (Phi) is 5.93. The molecule has 4 N–H and O–H groups in total. The zero-order valence-corrected chi connectivity index (χ0v) is 9.49. The van der Waals surface area contributed by atoms with Crippen molar-refractivity contribution >= 4 is 21.9 Å². The molecule has 0 rings (SSSR count). The van der Waals surface area contributed by atoms with Gasteiger partial charge in [0.25, 0.3) is 0 Å². The lowest BCUT2D eigenvalue weighted by molar-refractivity contribution is -0.140. The quantitative estimate of drug-likeness (QED) is 0.453. The number of sulfonamides is 1. The van der Waals surface area contributed by atoms with E-state index in [1.807, 2.05) is 4.72 Å². The van der Waals surface area contributed by atoms with Crippen LogP contribution in [0.3, 0.4) is 0 Å². The SMILES string of the molecule is COCCS(=O)(=O)N[C@@H](CC(N)=O)C(=O)O. The van der Waals surface area contributed by atoms with Crippen LogP contribution >= 0.6 is 0 Å².